The summed E-state index contributed by atoms with van der Waals surface area (Å²) in [6.07, 6.45) is 3.13. The Morgan fingerprint density at radius 3 is 2.71 bits per heavy atom. The van der Waals surface area contributed by atoms with Crippen molar-refractivity contribution in [2.24, 2.45) is 0 Å². The SMILES string of the molecule is O=P([O-])(O)Oc1ccccc1-c1ncc[nH]1.[Na+]. The molecule has 0 aliphatic carbocycles. The summed E-state index contributed by atoms with van der Waals surface area (Å²) in [5.41, 5.74) is 0.456. The van der Waals surface area contributed by atoms with Crippen LogP contribution < -0.4 is 39.0 Å². The summed E-state index contributed by atoms with van der Waals surface area (Å²) in [6, 6.07) is 6.36. The average Bonchev–Trinajstić information content (AvgIpc) is 2.69. The zero-order valence-electron chi connectivity index (χ0n) is 9.03. The molecule has 1 heterocycles. The molecule has 0 aliphatic rings. The van der Waals surface area contributed by atoms with Gasteiger partial charge in [0.2, 0.25) is 0 Å². The first kappa shape index (κ1) is 14.4. The Kier molecular flexibility index (Phi) is 4.94. The van der Waals surface area contributed by atoms with Gasteiger partial charge >= 0.3 is 37.4 Å². The van der Waals surface area contributed by atoms with Crippen molar-refractivity contribution in [3.8, 4) is 17.1 Å². The molecule has 17 heavy (non-hydrogen) atoms. The first-order valence-electron chi connectivity index (χ1n) is 4.38. The number of para-hydroxylation sites is 1. The zero-order valence-corrected chi connectivity index (χ0v) is 11.9. The molecule has 8 heteroatoms. The number of aromatic amines is 1. The van der Waals surface area contributed by atoms with Gasteiger partial charge in [-0.05, 0) is 12.1 Å². The maximum atomic E-state index is 10.7. The molecular formula is C9H8N2NaO4P. The Morgan fingerprint density at radius 2 is 2.12 bits per heavy atom. The molecule has 0 saturated heterocycles. The van der Waals surface area contributed by atoms with E-state index in [0.29, 0.717) is 11.4 Å². The number of hydrogen-bond donors (Lipinski definition) is 2. The maximum Gasteiger partial charge on any atom is 1.00 e. The largest absolute Gasteiger partial charge is 1.00 e. The van der Waals surface area contributed by atoms with Crippen molar-refractivity contribution < 1.29 is 48.4 Å². The van der Waals surface area contributed by atoms with Crippen LogP contribution in [0.2, 0.25) is 0 Å². The standard InChI is InChI=1S/C9H9N2O4P.Na/c12-16(13,14)15-8-4-2-1-3-7(8)9-10-5-6-11-9;/h1-6H,(H,10,11)(H2,12,13,14);/q;+1/p-1. The Hall–Kier alpha value is -0.620. The maximum absolute atomic E-state index is 10.7. The van der Waals surface area contributed by atoms with E-state index < -0.39 is 7.82 Å². The van der Waals surface area contributed by atoms with Crippen LogP contribution in [0, 0.1) is 0 Å². The number of hydrogen-bond acceptors (Lipinski definition) is 4. The van der Waals surface area contributed by atoms with Crippen molar-refractivity contribution in [2.45, 2.75) is 0 Å². The molecule has 0 saturated carbocycles. The molecule has 84 valence electrons. The molecule has 1 aromatic heterocycles. The Morgan fingerprint density at radius 1 is 1.41 bits per heavy atom. The number of rotatable bonds is 3. The quantitative estimate of drug-likeness (QED) is 0.488. The van der Waals surface area contributed by atoms with Gasteiger partial charge in [0.15, 0.2) is 0 Å². The molecule has 0 radical (unpaired) electrons. The fourth-order valence-corrected chi connectivity index (χ4v) is 1.69. The topological polar surface area (TPSA) is 98.3 Å². The van der Waals surface area contributed by atoms with Gasteiger partial charge < -0.3 is 19.3 Å². The van der Waals surface area contributed by atoms with Crippen LogP contribution in [0.4, 0.5) is 0 Å². The minimum atomic E-state index is -4.81. The molecule has 2 rings (SSSR count). The molecule has 0 amide bonds. The van der Waals surface area contributed by atoms with Gasteiger partial charge in [0.1, 0.15) is 11.6 Å². The zero-order chi connectivity index (χ0) is 11.6. The van der Waals surface area contributed by atoms with E-state index in [4.69, 9.17) is 4.89 Å². The summed E-state index contributed by atoms with van der Waals surface area (Å²) in [5, 5.41) is 0. The molecule has 1 unspecified atom stereocenters. The number of nitrogens with one attached hydrogen (secondary N) is 1. The van der Waals surface area contributed by atoms with Gasteiger partial charge in [0.05, 0.1) is 5.56 Å². The number of imidazole rings is 1. The second-order valence-electron chi connectivity index (χ2n) is 2.99. The number of benzene rings is 1. The van der Waals surface area contributed by atoms with Crippen LogP contribution in [0.5, 0.6) is 5.75 Å². The first-order chi connectivity index (χ1) is 7.56. The number of phosphoric acid groups is 1. The molecular weight excluding hydrogens is 254 g/mol. The van der Waals surface area contributed by atoms with Crippen LogP contribution in [-0.2, 0) is 4.57 Å². The molecule has 6 nitrogen and oxygen atoms in total. The van der Waals surface area contributed by atoms with Crippen molar-refractivity contribution >= 4 is 7.82 Å². The van der Waals surface area contributed by atoms with Crippen molar-refractivity contribution in [2.75, 3.05) is 0 Å². The van der Waals surface area contributed by atoms with E-state index in [1.165, 1.54) is 12.3 Å². The Labute approximate surface area is 120 Å². The van der Waals surface area contributed by atoms with E-state index >= 15 is 0 Å². The predicted octanol–water partition coefficient (Wildman–Crippen LogP) is -2.08. The van der Waals surface area contributed by atoms with Crippen molar-refractivity contribution in [1.29, 1.82) is 0 Å². The third-order valence-corrected chi connectivity index (χ3v) is 2.28. The molecule has 0 fully saturated rings. The second kappa shape index (κ2) is 5.82. The fraction of sp³-hybridized carbons (Fsp3) is 0. The number of aromatic nitrogens is 2. The van der Waals surface area contributed by atoms with Gasteiger partial charge in [-0.2, -0.15) is 0 Å². The van der Waals surface area contributed by atoms with Crippen molar-refractivity contribution in [3.05, 3.63) is 36.7 Å². The van der Waals surface area contributed by atoms with Crippen LogP contribution in [0.15, 0.2) is 36.7 Å². The smallest absolute Gasteiger partial charge is 0.746 e. The van der Waals surface area contributed by atoms with E-state index in [-0.39, 0.29) is 35.3 Å². The van der Waals surface area contributed by atoms with E-state index in [9.17, 15) is 9.46 Å². The van der Waals surface area contributed by atoms with Crippen LogP contribution >= 0.6 is 7.82 Å². The number of nitrogens with zero attached hydrogens (tertiary/aromatic N) is 1. The number of H-pyrrole nitrogens is 1. The molecule has 1 atom stereocenters. The molecule has 1 aromatic carbocycles. The van der Waals surface area contributed by atoms with Gasteiger partial charge in [0.25, 0.3) is 0 Å². The van der Waals surface area contributed by atoms with Gasteiger partial charge in [-0.1, -0.05) is 12.1 Å². The van der Waals surface area contributed by atoms with Crippen molar-refractivity contribution in [3.63, 3.8) is 0 Å². The Bertz CT molecular complexity index is 526. The molecule has 0 aliphatic heterocycles. The van der Waals surface area contributed by atoms with E-state index in [0.717, 1.165) is 0 Å². The minimum absolute atomic E-state index is 0. The fourth-order valence-electron chi connectivity index (χ4n) is 1.28. The molecule has 2 N–H and O–H groups in total. The molecule has 2 aromatic rings. The number of phosphoric ester groups is 1. The van der Waals surface area contributed by atoms with Crippen LogP contribution in [0.25, 0.3) is 11.4 Å². The van der Waals surface area contributed by atoms with Gasteiger partial charge in [-0.15, -0.1) is 0 Å². The van der Waals surface area contributed by atoms with Gasteiger partial charge in [-0.25, -0.2) is 4.98 Å². The van der Waals surface area contributed by atoms with Crippen molar-refractivity contribution in [1.82, 2.24) is 9.97 Å². The summed E-state index contributed by atoms with van der Waals surface area (Å²) < 4.78 is 15.1. The monoisotopic (exact) mass is 262 g/mol. The summed E-state index contributed by atoms with van der Waals surface area (Å²) in [5.74, 6) is 0.488. The van der Waals surface area contributed by atoms with Gasteiger partial charge in [0, 0.05) is 12.4 Å². The molecule has 0 spiro atoms. The summed E-state index contributed by atoms with van der Waals surface area (Å²) in [4.78, 5) is 26.1. The van der Waals surface area contributed by atoms with Crippen LogP contribution in [0.3, 0.4) is 0 Å². The second-order valence-corrected chi connectivity index (χ2v) is 4.11. The summed E-state index contributed by atoms with van der Waals surface area (Å²) >= 11 is 0. The van der Waals surface area contributed by atoms with E-state index in [2.05, 4.69) is 14.5 Å². The van der Waals surface area contributed by atoms with E-state index in [1.807, 2.05) is 0 Å². The Balaban J connectivity index is 0.00000144. The normalized spacial score (nSPS) is 13.5. The van der Waals surface area contributed by atoms with Crippen LogP contribution in [-0.4, -0.2) is 14.9 Å². The molecule has 0 bridgehead atoms. The summed E-state index contributed by atoms with van der Waals surface area (Å²) in [6.45, 7) is 0. The van der Waals surface area contributed by atoms with Gasteiger partial charge in [-0.3, -0.25) is 4.57 Å². The third kappa shape index (κ3) is 3.96. The first-order valence-corrected chi connectivity index (χ1v) is 5.88. The van der Waals surface area contributed by atoms with Crippen LogP contribution in [0.1, 0.15) is 0 Å². The average molecular weight is 262 g/mol. The summed E-state index contributed by atoms with van der Waals surface area (Å²) in [7, 11) is -4.81. The predicted molar refractivity (Wildman–Crippen MR) is 54.5 cm³/mol. The van der Waals surface area contributed by atoms with E-state index in [1.54, 1.807) is 24.4 Å². The minimum Gasteiger partial charge on any atom is -0.746 e. The third-order valence-electron chi connectivity index (χ3n) is 1.85.